The zero-order chi connectivity index (χ0) is 19.4. The molecule has 0 amide bonds. The number of carboxylic acid groups (broad SMARTS) is 1. The lowest BCUT2D eigenvalue weighted by Crippen LogP contribution is -1.95. The fourth-order valence-corrected chi connectivity index (χ4v) is 3.67. The van der Waals surface area contributed by atoms with Crippen LogP contribution in [0.2, 0.25) is 5.02 Å². The normalized spacial score (nSPS) is 10.9. The van der Waals surface area contributed by atoms with Crippen molar-refractivity contribution < 1.29 is 19.4 Å². The van der Waals surface area contributed by atoms with Crippen LogP contribution >= 0.6 is 22.9 Å². The van der Waals surface area contributed by atoms with E-state index in [4.69, 9.17) is 21.1 Å². The lowest BCUT2D eigenvalue weighted by Gasteiger charge is -2.10. The number of hydrogen-bond donors (Lipinski definition) is 1. The number of thiazole rings is 1. The summed E-state index contributed by atoms with van der Waals surface area (Å²) in [6, 6.07) is 12.8. The van der Waals surface area contributed by atoms with Crippen LogP contribution in [0, 0.1) is 0 Å². The summed E-state index contributed by atoms with van der Waals surface area (Å²) in [4.78, 5) is 16.3. The van der Waals surface area contributed by atoms with E-state index < -0.39 is 5.97 Å². The van der Waals surface area contributed by atoms with E-state index in [1.54, 1.807) is 24.3 Å². The minimum Gasteiger partial charge on any atom is -0.493 e. The van der Waals surface area contributed by atoms with Crippen LogP contribution in [0.15, 0.2) is 42.5 Å². The molecule has 2 aromatic carbocycles. The summed E-state index contributed by atoms with van der Waals surface area (Å²) >= 11 is 7.33. The van der Waals surface area contributed by atoms with E-state index in [1.165, 1.54) is 14.2 Å². The Labute approximate surface area is 165 Å². The number of aromatic carboxylic acids is 1. The van der Waals surface area contributed by atoms with Crippen LogP contribution in [0.1, 0.15) is 20.2 Å². The smallest absolute Gasteiger partial charge is 0.348 e. The first-order valence-corrected chi connectivity index (χ1v) is 9.12. The molecule has 0 aliphatic carbocycles. The third-order valence-electron chi connectivity index (χ3n) is 3.76. The molecule has 0 saturated carbocycles. The maximum absolute atomic E-state index is 11.6. The molecule has 1 aromatic heterocycles. The van der Waals surface area contributed by atoms with Gasteiger partial charge in [0.1, 0.15) is 9.88 Å². The number of benzene rings is 2. The van der Waals surface area contributed by atoms with Gasteiger partial charge in [0, 0.05) is 5.56 Å². The van der Waals surface area contributed by atoms with E-state index in [2.05, 4.69) is 4.98 Å². The van der Waals surface area contributed by atoms with E-state index in [-0.39, 0.29) is 4.88 Å². The van der Waals surface area contributed by atoms with Gasteiger partial charge in [-0.25, -0.2) is 9.78 Å². The van der Waals surface area contributed by atoms with Gasteiger partial charge in [0.2, 0.25) is 0 Å². The quantitative estimate of drug-likeness (QED) is 0.603. The summed E-state index contributed by atoms with van der Waals surface area (Å²) in [5.74, 6) is -0.0229. The molecule has 0 aliphatic rings. The SMILES string of the molecule is COc1cc(/C=C/c2nc(-c3ccccc3)c(C(=O)O)s2)cc(Cl)c1OC. The van der Waals surface area contributed by atoms with E-state index in [0.29, 0.717) is 27.2 Å². The van der Waals surface area contributed by atoms with Gasteiger partial charge in [-0.05, 0) is 23.8 Å². The van der Waals surface area contributed by atoms with Gasteiger partial charge in [-0.2, -0.15) is 0 Å². The van der Waals surface area contributed by atoms with Crippen LogP contribution in [-0.4, -0.2) is 30.3 Å². The van der Waals surface area contributed by atoms with Crippen LogP contribution in [0.5, 0.6) is 11.5 Å². The molecule has 0 unspecified atom stereocenters. The highest BCUT2D eigenvalue weighted by atomic mass is 35.5. The second-order valence-corrected chi connectivity index (χ2v) is 6.91. The van der Waals surface area contributed by atoms with Crippen molar-refractivity contribution in [1.29, 1.82) is 0 Å². The van der Waals surface area contributed by atoms with Crippen LogP contribution < -0.4 is 9.47 Å². The molecule has 0 radical (unpaired) electrons. The van der Waals surface area contributed by atoms with Gasteiger partial charge in [0.25, 0.3) is 0 Å². The minimum atomic E-state index is -1.000. The van der Waals surface area contributed by atoms with Gasteiger partial charge in [0.15, 0.2) is 11.5 Å². The van der Waals surface area contributed by atoms with Crippen molar-refractivity contribution in [2.45, 2.75) is 0 Å². The molecule has 27 heavy (non-hydrogen) atoms. The largest absolute Gasteiger partial charge is 0.493 e. The topological polar surface area (TPSA) is 68.7 Å². The Hall–Kier alpha value is -2.83. The van der Waals surface area contributed by atoms with Gasteiger partial charge in [-0.1, -0.05) is 48.0 Å². The highest BCUT2D eigenvalue weighted by Crippen LogP contribution is 2.37. The van der Waals surface area contributed by atoms with Crippen molar-refractivity contribution in [3.8, 4) is 22.8 Å². The number of carbonyl (C=O) groups is 1. The molecule has 0 fully saturated rings. The first-order valence-electron chi connectivity index (χ1n) is 7.92. The fourth-order valence-electron chi connectivity index (χ4n) is 2.55. The lowest BCUT2D eigenvalue weighted by molar-refractivity contribution is 0.0702. The Morgan fingerprint density at radius 3 is 2.52 bits per heavy atom. The van der Waals surface area contributed by atoms with Gasteiger partial charge in [-0.3, -0.25) is 0 Å². The number of ether oxygens (including phenoxy) is 2. The summed E-state index contributed by atoms with van der Waals surface area (Å²) < 4.78 is 10.5. The number of methoxy groups -OCH3 is 2. The Morgan fingerprint density at radius 2 is 1.89 bits per heavy atom. The molecule has 138 valence electrons. The average molecular weight is 402 g/mol. The van der Waals surface area contributed by atoms with Crippen LogP contribution in [0.4, 0.5) is 0 Å². The molecule has 3 aromatic rings. The Kier molecular flexibility index (Phi) is 5.78. The molecule has 7 heteroatoms. The van der Waals surface area contributed by atoms with Crippen LogP contribution in [0.25, 0.3) is 23.4 Å². The second-order valence-electron chi connectivity index (χ2n) is 5.47. The Morgan fingerprint density at radius 1 is 1.15 bits per heavy atom. The third kappa shape index (κ3) is 4.13. The van der Waals surface area contributed by atoms with Crippen LogP contribution in [-0.2, 0) is 0 Å². The van der Waals surface area contributed by atoms with Crippen molar-refractivity contribution in [3.63, 3.8) is 0 Å². The molecule has 0 aliphatic heterocycles. The predicted molar refractivity (Wildman–Crippen MR) is 108 cm³/mol. The van der Waals surface area contributed by atoms with Crippen molar-refractivity contribution in [2.75, 3.05) is 14.2 Å². The number of carboxylic acids is 1. The number of nitrogens with zero attached hydrogens (tertiary/aromatic N) is 1. The van der Waals surface area contributed by atoms with E-state index >= 15 is 0 Å². The van der Waals surface area contributed by atoms with Crippen molar-refractivity contribution in [3.05, 3.63) is 62.9 Å². The summed E-state index contributed by atoms with van der Waals surface area (Å²) in [6.45, 7) is 0. The molecule has 5 nitrogen and oxygen atoms in total. The van der Waals surface area contributed by atoms with Crippen LogP contribution in [0.3, 0.4) is 0 Å². The summed E-state index contributed by atoms with van der Waals surface area (Å²) in [6.07, 6.45) is 3.55. The third-order valence-corrected chi connectivity index (χ3v) is 5.05. The number of rotatable bonds is 6. The maximum Gasteiger partial charge on any atom is 0.348 e. The maximum atomic E-state index is 11.6. The summed E-state index contributed by atoms with van der Waals surface area (Å²) in [5.41, 5.74) is 2.00. The van der Waals surface area contributed by atoms with Gasteiger partial charge in [0.05, 0.1) is 24.9 Å². The number of hydrogen-bond acceptors (Lipinski definition) is 5. The summed E-state index contributed by atoms with van der Waals surface area (Å²) in [7, 11) is 3.06. The van der Waals surface area contributed by atoms with Crippen molar-refractivity contribution >= 4 is 41.1 Å². The molecule has 3 rings (SSSR count). The fraction of sp³-hybridized carbons (Fsp3) is 0.100. The van der Waals surface area contributed by atoms with Gasteiger partial charge < -0.3 is 14.6 Å². The summed E-state index contributed by atoms with van der Waals surface area (Å²) in [5, 5.41) is 10.5. The number of aromatic nitrogens is 1. The van der Waals surface area contributed by atoms with E-state index in [9.17, 15) is 9.90 Å². The molecular weight excluding hydrogens is 386 g/mol. The molecule has 1 heterocycles. The lowest BCUT2D eigenvalue weighted by atomic mass is 10.1. The van der Waals surface area contributed by atoms with E-state index in [0.717, 1.165) is 22.5 Å². The van der Waals surface area contributed by atoms with E-state index in [1.807, 2.05) is 30.3 Å². The Bertz CT molecular complexity index is 999. The first kappa shape index (κ1) is 18.9. The molecular formula is C20H16ClNO4S. The second kappa shape index (κ2) is 8.24. The van der Waals surface area contributed by atoms with Crippen molar-refractivity contribution in [2.24, 2.45) is 0 Å². The molecule has 0 bridgehead atoms. The Balaban J connectivity index is 1.97. The average Bonchev–Trinajstić information content (AvgIpc) is 3.11. The molecule has 0 spiro atoms. The molecule has 0 atom stereocenters. The highest BCUT2D eigenvalue weighted by molar-refractivity contribution is 7.15. The minimum absolute atomic E-state index is 0.200. The standard InChI is InChI=1S/C20H16ClNO4S/c1-25-15-11-12(10-14(21)18(15)26-2)8-9-16-22-17(19(27-16)20(23)24)13-6-4-3-5-7-13/h3-11H,1-2H3,(H,23,24)/b9-8+. The number of halogens is 1. The van der Waals surface area contributed by atoms with Gasteiger partial charge in [-0.15, -0.1) is 11.3 Å². The zero-order valence-electron chi connectivity index (χ0n) is 14.6. The highest BCUT2D eigenvalue weighted by Gasteiger charge is 2.17. The monoisotopic (exact) mass is 401 g/mol. The molecule has 0 saturated heterocycles. The van der Waals surface area contributed by atoms with Crippen molar-refractivity contribution in [1.82, 2.24) is 4.98 Å². The molecule has 1 N–H and O–H groups in total. The first-order chi connectivity index (χ1) is 13.0. The predicted octanol–water partition coefficient (Wildman–Crippen LogP) is 5.35. The van der Waals surface area contributed by atoms with Gasteiger partial charge >= 0.3 is 5.97 Å². The zero-order valence-corrected chi connectivity index (χ0v) is 16.2.